The van der Waals surface area contributed by atoms with Gasteiger partial charge in [-0.3, -0.25) is 4.90 Å². The number of guanidine groups is 1. The molecule has 0 bridgehead atoms. The van der Waals surface area contributed by atoms with Gasteiger partial charge >= 0.3 is 0 Å². The number of benzene rings is 1. The highest BCUT2D eigenvalue weighted by Crippen LogP contribution is 2.13. The highest BCUT2D eigenvalue weighted by Gasteiger charge is 2.09. The van der Waals surface area contributed by atoms with E-state index in [0.29, 0.717) is 13.1 Å². The van der Waals surface area contributed by atoms with Gasteiger partial charge in [0.1, 0.15) is 5.75 Å². The smallest absolute Gasteiger partial charge is 0.191 e. The van der Waals surface area contributed by atoms with Crippen molar-refractivity contribution in [2.45, 2.75) is 6.54 Å². The zero-order chi connectivity index (χ0) is 17.0. The molecule has 1 heterocycles. The first-order chi connectivity index (χ1) is 11.8. The Labute approximate surface area is 167 Å². The maximum atomic E-state index is 5.37. The standard InChI is InChI=1S/C18H28N4O2.HI/c1-3-7-19-18(20-8-9-22-10-12-24-13-11-22)21-15-16-5-4-6-17(14-16)23-2;/h3-6,14H,1,7-13,15H2,2H3,(H2,19,20,21);1H. The molecule has 0 aliphatic carbocycles. The number of hydrogen-bond acceptors (Lipinski definition) is 4. The minimum Gasteiger partial charge on any atom is -0.497 e. The number of rotatable bonds is 8. The number of halogens is 1. The summed E-state index contributed by atoms with van der Waals surface area (Å²) in [6.07, 6.45) is 1.82. The molecular formula is C18H29IN4O2. The van der Waals surface area contributed by atoms with Crippen LogP contribution >= 0.6 is 24.0 Å². The number of nitrogens with one attached hydrogen (secondary N) is 2. The highest BCUT2D eigenvalue weighted by atomic mass is 127. The zero-order valence-electron chi connectivity index (χ0n) is 14.9. The largest absolute Gasteiger partial charge is 0.497 e. The Morgan fingerprint density at radius 3 is 2.88 bits per heavy atom. The van der Waals surface area contributed by atoms with Crippen LogP contribution in [0.25, 0.3) is 0 Å². The Hall–Kier alpha value is -1.32. The molecule has 0 spiro atoms. The molecule has 0 aromatic heterocycles. The average molecular weight is 460 g/mol. The Kier molecular flexibility index (Phi) is 11.3. The topological polar surface area (TPSA) is 58.1 Å². The second kappa shape index (κ2) is 13.0. The molecule has 7 heteroatoms. The lowest BCUT2D eigenvalue weighted by atomic mass is 10.2. The summed E-state index contributed by atoms with van der Waals surface area (Å²) < 4.78 is 10.6. The fourth-order valence-electron chi connectivity index (χ4n) is 2.44. The van der Waals surface area contributed by atoms with Gasteiger partial charge in [0.15, 0.2) is 5.96 Å². The van der Waals surface area contributed by atoms with Gasteiger partial charge in [-0.1, -0.05) is 18.2 Å². The minimum absolute atomic E-state index is 0. The molecule has 1 aliphatic rings. The van der Waals surface area contributed by atoms with Crippen LogP contribution in [0.3, 0.4) is 0 Å². The first-order valence-electron chi connectivity index (χ1n) is 8.38. The monoisotopic (exact) mass is 460 g/mol. The van der Waals surface area contributed by atoms with Gasteiger partial charge in [-0.2, -0.15) is 0 Å². The first-order valence-corrected chi connectivity index (χ1v) is 8.38. The molecule has 6 nitrogen and oxygen atoms in total. The fraction of sp³-hybridized carbons (Fsp3) is 0.500. The molecule has 25 heavy (non-hydrogen) atoms. The van der Waals surface area contributed by atoms with Crippen LogP contribution in [0.2, 0.25) is 0 Å². The molecule has 140 valence electrons. The van der Waals surface area contributed by atoms with Crippen LogP contribution in [-0.2, 0) is 11.3 Å². The van der Waals surface area contributed by atoms with E-state index in [1.165, 1.54) is 0 Å². The van der Waals surface area contributed by atoms with E-state index in [1.807, 2.05) is 30.3 Å². The molecule has 2 N–H and O–H groups in total. The number of hydrogen-bond donors (Lipinski definition) is 2. The van der Waals surface area contributed by atoms with Crippen molar-refractivity contribution < 1.29 is 9.47 Å². The van der Waals surface area contributed by atoms with Gasteiger partial charge in [-0.15, -0.1) is 30.6 Å². The van der Waals surface area contributed by atoms with Crippen LogP contribution in [0, 0.1) is 0 Å². The third kappa shape index (κ3) is 8.55. The van der Waals surface area contributed by atoms with Gasteiger partial charge in [0.05, 0.1) is 26.9 Å². The molecule has 1 fully saturated rings. The molecule has 1 saturated heterocycles. The van der Waals surface area contributed by atoms with E-state index < -0.39 is 0 Å². The minimum atomic E-state index is 0. The summed E-state index contributed by atoms with van der Waals surface area (Å²) in [6, 6.07) is 7.96. The predicted molar refractivity (Wildman–Crippen MR) is 113 cm³/mol. The highest BCUT2D eigenvalue weighted by molar-refractivity contribution is 14.0. The molecular weight excluding hydrogens is 431 g/mol. The molecule has 0 unspecified atom stereocenters. The third-order valence-corrected chi connectivity index (χ3v) is 3.79. The van der Waals surface area contributed by atoms with E-state index in [2.05, 4.69) is 27.1 Å². The van der Waals surface area contributed by atoms with Gasteiger partial charge in [0.25, 0.3) is 0 Å². The number of methoxy groups -OCH3 is 1. The van der Waals surface area contributed by atoms with E-state index >= 15 is 0 Å². The molecule has 0 atom stereocenters. The van der Waals surface area contributed by atoms with E-state index in [9.17, 15) is 0 Å². The van der Waals surface area contributed by atoms with Crippen LogP contribution in [0.15, 0.2) is 41.9 Å². The number of nitrogens with zero attached hydrogens (tertiary/aromatic N) is 2. The summed E-state index contributed by atoms with van der Waals surface area (Å²) in [5.74, 6) is 1.65. The van der Waals surface area contributed by atoms with Gasteiger partial charge in [0, 0.05) is 32.7 Å². The van der Waals surface area contributed by atoms with Gasteiger partial charge in [-0.25, -0.2) is 4.99 Å². The van der Waals surface area contributed by atoms with Crippen molar-refractivity contribution in [1.29, 1.82) is 0 Å². The average Bonchev–Trinajstić information content (AvgIpc) is 2.64. The zero-order valence-corrected chi connectivity index (χ0v) is 17.2. The maximum Gasteiger partial charge on any atom is 0.191 e. The summed E-state index contributed by atoms with van der Waals surface area (Å²) >= 11 is 0. The number of ether oxygens (including phenoxy) is 2. The van der Waals surface area contributed by atoms with E-state index in [1.54, 1.807) is 7.11 Å². The lowest BCUT2D eigenvalue weighted by Crippen LogP contribution is -2.44. The molecule has 1 aliphatic heterocycles. The lowest BCUT2D eigenvalue weighted by molar-refractivity contribution is 0.0389. The Morgan fingerprint density at radius 1 is 1.36 bits per heavy atom. The van der Waals surface area contributed by atoms with Crippen molar-refractivity contribution in [2.75, 3.05) is 53.0 Å². The lowest BCUT2D eigenvalue weighted by Gasteiger charge is -2.26. The molecule has 1 aromatic carbocycles. The molecule has 1 aromatic rings. The number of morpholine rings is 1. The second-order valence-corrected chi connectivity index (χ2v) is 5.57. The Morgan fingerprint density at radius 2 is 2.16 bits per heavy atom. The molecule has 0 saturated carbocycles. The maximum absolute atomic E-state index is 5.37. The predicted octanol–water partition coefficient (Wildman–Crippen LogP) is 1.87. The van der Waals surface area contributed by atoms with E-state index in [4.69, 9.17) is 9.47 Å². The fourth-order valence-corrected chi connectivity index (χ4v) is 2.44. The van der Waals surface area contributed by atoms with Crippen molar-refractivity contribution in [2.24, 2.45) is 4.99 Å². The quantitative estimate of drug-likeness (QED) is 0.269. The van der Waals surface area contributed by atoms with Crippen LogP contribution in [-0.4, -0.2) is 63.9 Å². The summed E-state index contributed by atoms with van der Waals surface area (Å²) in [5.41, 5.74) is 1.11. The van der Waals surface area contributed by atoms with Gasteiger partial charge in [0.2, 0.25) is 0 Å². The summed E-state index contributed by atoms with van der Waals surface area (Å²) in [7, 11) is 1.67. The van der Waals surface area contributed by atoms with Crippen molar-refractivity contribution >= 4 is 29.9 Å². The van der Waals surface area contributed by atoms with Crippen molar-refractivity contribution in [1.82, 2.24) is 15.5 Å². The molecule has 0 radical (unpaired) electrons. The summed E-state index contributed by atoms with van der Waals surface area (Å²) in [6.45, 7) is 10.5. The summed E-state index contributed by atoms with van der Waals surface area (Å²) in [5, 5.41) is 6.63. The van der Waals surface area contributed by atoms with E-state index in [-0.39, 0.29) is 24.0 Å². The normalized spacial score (nSPS) is 15.2. The van der Waals surface area contributed by atoms with Gasteiger partial charge in [-0.05, 0) is 17.7 Å². The van der Waals surface area contributed by atoms with Crippen molar-refractivity contribution in [3.05, 3.63) is 42.5 Å². The first kappa shape index (κ1) is 21.7. The van der Waals surface area contributed by atoms with Crippen LogP contribution in [0.5, 0.6) is 5.75 Å². The van der Waals surface area contributed by atoms with Crippen LogP contribution in [0.4, 0.5) is 0 Å². The Balaban J connectivity index is 0.00000312. The molecule has 0 amide bonds. The Bertz CT molecular complexity index is 534. The SMILES string of the molecule is C=CCNC(=NCc1cccc(OC)c1)NCCN1CCOCC1.I. The summed E-state index contributed by atoms with van der Waals surface area (Å²) in [4.78, 5) is 7.03. The van der Waals surface area contributed by atoms with E-state index in [0.717, 1.165) is 56.7 Å². The van der Waals surface area contributed by atoms with Crippen molar-refractivity contribution in [3.8, 4) is 5.75 Å². The van der Waals surface area contributed by atoms with Crippen LogP contribution < -0.4 is 15.4 Å². The van der Waals surface area contributed by atoms with Gasteiger partial charge < -0.3 is 20.1 Å². The number of aliphatic imine (C=N–C) groups is 1. The second-order valence-electron chi connectivity index (χ2n) is 5.57. The molecule has 2 rings (SSSR count). The van der Waals surface area contributed by atoms with Crippen molar-refractivity contribution in [3.63, 3.8) is 0 Å². The third-order valence-electron chi connectivity index (χ3n) is 3.79. The van der Waals surface area contributed by atoms with Crippen LogP contribution in [0.1, 0.15) is 5.56 Å².